The second-order valence-electron chi connectivity index (χ2n) is 3.34. The van der Waals surface area contributed by atoms with Crippen LogP contribution in [-0.2, 0) is 23.9 Å². The first-order valence-corrected chi connectivity index (χ1v) is 5.40. The zero-order chi connectivity index (χ0) is 13.3. The van der Waals surface area contributed by atoms with Gasteiger partial charge >= 0.3 is 11.9 Å². The van der Waals surface area contributed by atoms with Gasteiger partial charge < -0.3 is 9.47 Å². The minimum absolute atomic E-state index is 0.0655. The lowest BCUT2D eigenvalue weighted by molar-refractivity contribution is -0.144. The molecule has 96 valence electrons. The standard InChI is InChI=1S/C11H15ClO5/c1-8(3-4-10(14)16-2)5-6-17-11(15)7-9(12)13/h5H,3-4,6-7H2,1-2H3/b8-5+. The van der Waals surface area contributed by atoms with E-state index in [9.17, 15) is 14.4 Å². The Morgan fingerprint density at radius 1 is 1.18 bits per heavy atom. The van der Waals surface area contributed by atoms with Crippen molar-refractivity contribution >= 4 is 28.8 Å². The van der Waals surface area contributed by atoms with Crippen molar-refractivity contribution in [2.75, 3.05) is 13.7 Å². The molecule has 0 radical (unpaired) electrons. The van der Waals surface area contributed by atoms with Crippen molar-refractivity contribution < 1.29 is 23.9 Å². The normalized spacial score (nSPS) is 10.9. The molecule has 0 heterocycles. The molecule has 0 unspecified atom stereocenters. The van der Waals surface area contributed by atoms with Crippen molar-refractivity contribution in [2.45, 2.75) is 26.2 Å². The van der Waals surface area contributed by atoms with Gasteiger partial charge in [-0.15, -0.1) is 0 Å². The summed E-state index contributed by atoms with van der Waals surface area (Å²) in [7, 11) is 1.33. The lowest BCUT2D eigenvalue weighted by atomic mass is 10.1. The summed E-state index contributed by atoms with van der Waals surface area (Å²) in [5, 5.41) is -0.749. The lowest BCUT2D eigenvalue weighted by Gasteiger charge is -2.02. The molecule has 0 aromatic heterocycles. The molecule has 0 aromatic carbocycles. The molecule has 0 N–H and O–H groups in total. The molecule has 17 heavy (non-hydrogen) atoms. The summed E-state index contributed by atoms with van der Waals surface area (Å²) in [6.07, 6.45) is 2.06. The number of hydrogen-bond donors (Lipinski definition) is 0. The lowest BCUT2D eigenvalue weighted by Crippen LogP contribution is -2.08. The number of halogens is 1. The van der Waals surface area contributed by atoms with E-state index < -0.39 is 17.6 Å². The Bertz CT molecular complexity index is 322. The number of ether oxygens (including phenoxy) is 2. The van der Waals surface area contributed by atoms with Gasteiger partial charge in [0, 0.05) is 6.42 Å². The zero-order valence-electron chi connectivity index (χ0n) is 9.82. The molecule has 0 fully saturated rings. The molecule has 0 amide bonds. The van der Waals surface area contributed by atoms with E-state index in [1.807, 2.05) is 6.92 Å². The number of esters is 2. The third-order valence-corrected chi connectivity index (χ3v) is 2.04. The molecule has 0 aliphatic carbocycles. The van der Waals surface area contributed by atoms with Crippen LogP contribution in [0.25, 0.3) is 0 Å². The van der Waals surface area contributed by atoms with Gasteiger partial charge in [-0.25, -0.2) is 0 Å². The van der Waals surface area contributed by atoms with E-state index in [0.29, 0.717) is 6.42 Å². The first-order valence-electron chi connectivity index (χ1n) is 5.02. The van der Waals surface area contributed by atoms with Crippen molar-refractivity contribution in [3.05, 3.63) is 11.6 Å². The molecule has 0 atom stereocenters. The van der Waals surface area contributed by atoms with Gasteiger partial charge in [-0.05, 0) is 31.0 Å². The van der Waals surface area contributed by atoms with Crippen LogP contribution in [0, 0.1) is 0 Å². The summed E-state index contributed by atoms with van der Waals surface area (Å²) in [6, 6.07) is 0. The Hall–Kier alpha value is -1.36. The summed E-state index contributed by atoms with van der Waals surface area (Å²) < 4.78 is 9.20. The summed E-state index contributed by atoms with van der Waals surface area (Å²) in [5.41, 5.74) is 0.903. The van der Waals surface area contributed by atoms with E-state index in [1.165, 1.54) is 7.11 Å². The number of carbonyl (C=O) groups excluding carboxylic acids is 3. The van der Waals surface area contributed by atoms with Crippen molar-refractivity contribution in [1.29, 1.82) is 0 Å². The van der Waals surface area contributed by atoms with Gasteiger partial charge in [-0.3, -0.25) is 14.4 Å². The fourth-order valence-electron chi connectivity index (χ4n) is 0.945. The molecule has 0 saturated carbocycles. The van der Waals surface area contributed by atoms with Crippen LogP contribution in [0.1, 0.15) is 26.2 Å². The molecule has 0 saturated heterocycles. The number of hydrogen-bond acceptors (Lipinski definition) is 5. The van der Waals surface area contributed by atoms with Crippen LogP contribution in [0.2, 0.25) is 0 Å². The zero-order valence-corrected chi connectivity index (χ0v) is 10.6. The van der Waals surface area contributed by atoms with Gasteiger partial charge in [0.1, 0.15) is 13.0 Å². The average molecular weight is 263 g/mol. The van der Waals surface area contributed by atoms with Gasteiger partial charge in [-0.2, -0.15) is 0 Å². The van der Waals surface area contributed by atoms with Crippen LogP contribution in [-0.4, -0.2) is 30.9 Å². The second-order valence-corrected chi connectivity index (χ2v) is 3.76. The maximum absolute atomic E-state index is 10.9. The molecule has 0 bridgehead atoms. The largest absolute Gasteiger partial charge is 0.469 e. The summed E-state index contributed by atoms with van der Waals surface area (Å²) in [5.74, 6) is -0.954. The van der Waals surface area contributed by atoms with Crippen LogP contribution >= 0.6 is 11.6 Å². The average Bonchev–Trinajstić information content (AvgIpc) is 2.24. The summed E-state index contributed by atoms with van der Waals surface area (Å²) in [6.45, 7) is 1.87. The quantitative estimate of drug-likeness (QED) is 0.302. The highest BCUT2D eigenvalue weighted by Crippen LogP contribution is 2.04. The van der Waals surface area contributed by atoms with Crippen molar-refractivity contribution in [1.82, 2.24) is 0 Å². The Labute approximate surface area is 105 Å². The Balaban J connectivity index is 3.80. The summed E-state index contributed by atoms with van der Waals surface area (Å²) in [4.78, 5) is 32.1. The third-order valence-electron chi connectivity index (χ3n) is 1.91. The van der Waals surface area contributed by atoms with E-state index in [-0.39, 0.29) is 19.0 Å². The van der Waals surface area contributed by atoms with Gasteiger partial charge in [0.2, 0.25) is 5.24 Å². The fraction of sp³-hybridized carbons (Fsp3) is 0.545. The highest BCUT2D eigenvalue weighted by molar-refractivity contribution is 6.64. The molecule has 6 heteroatoms. The number of methoxy groups -OCH3 is 1. The van der Waals surface area contributed by atoms with Crippen molar-refractivity contribution in [2.24, 2.45) is 0 Å². The van der Waals surface area contributed by atoms with Crippen LogP contribution in [0.5, 0.6) is 0 Å². The Morgan fingerprint density at radius 2 is 1.82 bits per heavy atom. The molecule has 0 rings (SSSR count). The molecule has 0 aliphatic rings. The van der Waals surface area contributed by atoms with Gasteiger partial charge in [0.25, 0.3) is 0 Å². The molecule has 5 nitrogen and oxygen atoms in total. The molecular weight excluding hydrogens is 248 g/mol. The number of allylic oxidation sites excluding steroid dienone is 1. The van der Waals surface area contributed by atoms with Crippen LogP contribution < -0.4 is 0 Å². The minimum Gasteiger partial charge on any atom is -0.469 e. The second kappa shape index (κ2) is 8.75. The molecule has 0 aliphatic heterocycles. The van der Waals surface area contributed by atoms with Crippen LogP contribution in [0.15, 0.2) is 11.6 Å². The predicted octanol–water partition coefficient (Wildman–Crippen LogP) is 1.58. The fourth-order valence-corrected chi connectivity index (χ4v) is 1.05. The Kier molecular flexibility index (Phi) is 8.05. The van der Waals surface area contributed by atoms with Crippen LogP contribution in [0.3, 0.4) is 0 Å². The first kappa shape index (κ1) is 15.6. The van der Waals surface area contributed by atoms with Gasteiger partial charge in [0.05, 0.1) is 7.11 Å². The highest BCUT2D eigenvalue weighted by atomic mass is 35.5. The van der Waals surface area contributed by atoms with E-state index in [1.54, 1.807) is 6.08 Å². The van der Waals surface area contributed by atoms with E-state index in [2.05, 4.69) is 4.74 Å². The third kappa shape index (κ3) is 9.56. The monoisotopic (exact) mass is 262 g/mol. The van der Waals surface area contributed by atoms with E-state index >= 15 is 0 Å². The molecule has 0 aromatic rings. The number of rotatable bonds is 7. The molecule has 0 spiro atoms. The van der Waals surface area contributed by atoms with Crippen molar-refractivity contribution in [3.8, 4) is 0 Å². The maximum atomic E-state index is 10.9. The minimum atomic E-state index is -0.749. The van der Waals surface area contributed by atoms with E-state index in [0.717, 1.165) is 5.57 Å². The molecular formula is C11H15ClO5. The maximum Gasteiger partial charge on any atom is 0.314 e. The summed E-state index contributed by atoms with van der Waals surface area (Å²) >= 11 is 5.01. The van der Waals surface area contributed by atoms with Crippen molar-refractivity contribution in [3.63, 3.8) is 0 Å². The smallest absolute Gasteiger partial charge is 0.314 e. The SMILES string of the molecule is COC(=O)CC/C(C)=C/COC(=O)CC(=O)Cl. The van der Waals surface area contributed by atoms with Gasteiger partial charge in [0.15, 0.2) is 0 Å². The number of carbonyl (C=O) groups is 3. The Morgan fingerprint density at radius 3 is 2.35 bits per heavy atom. The topological polar surface area (TPSA) is 69.7 Å². The van der Waals surface area contributed by atoms with E-state index in [4.69, 9.17) is 16.3 Å². The first-order chi connectivity index (χ1) is 7.95. The predicted molar refractivity (Wildman–Crippen MR) is 61.4 cm³/mol. The van der Waals surface area contributed by atoms with Gasteiger partial charge in [-0.1, -0.05) is 5.57 Å². The van der Waals surface area contributed by atoms with Crippen LogP contribution in [0.4, 0.5) is 0 Å². The highest BCUT2D eigenvalue weighted by Gasteiger charge is 2.07.